The zero-order chi connectivity index (χ0) is 17.3. The molecule has 4 rings (SSSR count). The zero-order valence-electron chi connectivity index (χ0n) is 13.6. The van der Waals surface area contributed by atoms with Crippen LogP contribution in [0.4, 0.5) is 5.13 Å². The molecule has 0 bridgehead atoms. The van der Waals surface area contributed by atoms with Crippen molar-refractivity contribution in [1.82, 2.24) is 9.71 Å². The van der Waals surface area contributed by atoms with E-state index in [2.05, 4.69) is 20.7 Å². The zero-order valence-corrected chi connectivity index (χ0v) is 15.3. The van der Waals surface area contributed by atoms with Crippen LogP contribution in [0.2, 0.25) is 0 Å². The third kappa shape index (κ3) is 3.53. The molecule has 1 aliphatic rings. The highest BCUT2D eigenvalue weighted by Gasteiger charge is 2.25. The molecule has 2 heterocycles. The van der Waals surface area contributed by atoms with Crippen molar-refractivity contribution >= 4 is 36.7 Å². The van der Waals surface area contributed by atoms with E-state index in [-0.39, 0.29) is 6.04 Å². The lowest BCUT2D eigenvalue weighted by molar-refractivity contribution is 0.460. The van der Waals surface area contributed by atoms with Crippen LogP contribution < -0.4 is 9.62 Å². The van der Waals surface area contributed by atoms with Crippen LogP contribution in [0.3, 0.4) is 0 Å². The Balaban J connectivity index is 1.41. The van der Waals surface area contributed by atoms with Gasteiger partial charge in [-0.15, -0.1) is 0 Å². The van der Waals surface area contributed by atoms with E-state index in [0.717, 1.165) is 36.6 Å². The predicted octanol–water partition coefficient (Wildman–Crippen LogP) is 3.24. The van der Waals surface area contributed by atoms with Crippen LogP contribution in [0, 0.1) is 0 Å². The Labute approximate surface area is 151 Å². The Bertz CT molecular complexity index is 929. The van der Waals surface area contributed by atoms with Crippen LogP contribution in [0.1, 0.15) is 12.8 Å². The van der Waals surface area contributed by atoms with Crippen LogP contribution in [0.25, 0.3) is 10.2 Å². The Kier molecular flexibility index (Phi) is 4.45. The number of nitrogens with one attached hydrogen (secondary N) is 1. The number of fused-ring (bicyclic) bond motifs is 1. The summed E-state index contributed by atoms with van der Waals surface area (Å²) in [6.45, 7) is 1.61. The molecule has 130 valence electrons. The van der Waals surface area contributed by atoms with E-state index < -0.39 is 10.0 Å². The molecule has 1 N–H and O–H groups in total. The molecule has 1 aliphatic heterocycles. The van der Waals surface area contributed by atoms with E-state index >= 15 is 0 Å². The van der Waals surface area contributed by atoms with Crippen LogP contribution in [-0.4, -0.2) is 32.5 Å². The molecule has 1 fully saturated rings. The molecule has 0 aliphatic carbocycles. The van der Waals surface area contributed by atoms with Crippen molar-refractivity contribution < 1.29 is 8.42 Å². The van der Waals surface area contributed by atoms with E-state index in [0.29, 0.717) is 4.90 Å². The highest BCUT2D eigenvalue weighted by atomic mass is 32.2. The summed E-state index contributed by atoms with van der Waals surface area (Å²) in [7, 11) is -3.44. The van der Waals surface area contributed by atoms with Crippen LogP contribution in [0.5, 0.6) is 0 Å². The van der Waals surface area contributed by atoms with Crippen molar-refractivity contribution in [3.8, 4) is 0 Å². The molecule has 2 aromatic carbocycles. The van der Waals surface area contributed by atoms with E-state index in [1.165, 1.54) is 4.70 Å². The van der Waals surface area contributed by atoms with Gasteiger partial charge in [-0.3, -0.25) is 0 Å². The summed E-state index contributed by atoms with van der Waals surface area (Å²) in [5.41, 5.74) is 1.02. The molecule has 0 unspecified atom stereocenters. The van der Waals surface area contributed by atoms with Gasteiger partial charge in [0.25, 0.3) is 0 Å². The number of hydrogen-bond donors (Lipinski definition) is 1. The molecule has 7 heteroatoms. The molecule has 1 saturated heterocycles. The van der Waals surface area contributed by atoms with Crippen molar-refractivity contribution in [2.24, 2.45) is 0 Å². The Morgan fingerprint density at radius 1 is 1.00 bits per heavy atom. The number of aromatic nitrogens is 1. The predicted molar refractivity (Wildman–Crippen MR) is 102 cm³/mol. The summed E-state index contributed by atoms with van der Waals surface area (Å²) in [4.78, 5) is 7.26. The van der Waals surface area contributed by atoms with E-state index in [1.807, 2.05) is 24.3 Å². The summed E-state index contributed by atoms with van der Waals surface area (Å²) < 4.78 is 28.9. The molecular formula is C18H19N3O2S2. The van der Waals surface area contributed by atoms with E-state index in [1.54, 1.807) is 35.6 Å². The second kappa shape index (κ2) is 6.74. The first-order chi connectivity index (χ1) is 12.1. The minimum absolute atomic E-state index is 0.0316. The summed E-state index contributed by atoms with van der Waals surface area (Å²) in [5, 5.41) is 1.02. The van der Waals surface area contributed by atoms with Gasteiger partial charge >= 0.3 is 0 Å². The Hall–Kier alpha value is -1.96. The molecule has 0 atom stereocenters. The van der Waals surface area contributed by atoms with Crippen LogP contribution in [0.15, 0.2) is 59.5 Å². The van der Waals surface area contributed by atoms with Crippen LogP contribution in [-0.2, 0) is 10.0 Å². The average Bonchev–Trinajstić information content (AvgIpc) is 3.07. The van der Waals surface area contributed by atoms with Gasteiger partial charge < -0.3 is 4.90 Å². The molecule has 1 aromatic heterocycles. The first-order valence-corrected chi connectivity index (χ1v) is 10.6. The first kappa shape index (κ1) is 16.5. The van der Waals surface area contributed by atoms with Gasteiger partial charge in [-0.2, -0.15) is 0 Å². The number of thiazole rings is 1. The van der Waals surface area contributed by atoms with Gasteiger partial charge in [0.1, 0.15) is 0 Å². The normalized spacial score (nSPS) is 16.4. The van der Waals surface area contributed by atoms with Gasteiger partial charge in [-0.05, 0) is 37.1 Å². The molecule has 0 amide bonds. The second-order valence-electron chi connectivity index (χ2n) is 6.16. The number of para-hydroxylation sites is 1. The van der Waals surface area contributed by atoms with Gasteiger partial charge in [-0.1, -0.05) is 41.7 Å². The van der Waals surface area contributed by atoms with Gasteiger partial charge in [-0.25, -0.2) is 18.1 Å². The molecule has 25 heavy (non-hydrogen) atoms. The number of anilines is 1. The fourth-order valence-electron chi connectivity index (χ4n) is 3.07. The molecule has 0 radical (unpaired) electrons. The molecule has 0 saturated carbocycles. The smallest absolute Gasteiger partial charge is 0.240 e. The number of rotatable bonds is 4. The maximum absolute atomic E-state index is 12.4. The largest absolute Gasteiger partial charge is 0.348 e. The highest BCUT2D eigenvalue weighted by Crippen LogP contribution is 2.30. The lowest BCUT2D eigenvalue weighted by atomic mass is 10.1. The lowest BCUT2D eigenvalue weighted by Crippen LogP contribution is -2.44. The van der Waals surface area contributed by atoms with Gasteiger partial charge in [0, 0.05) is 19.1 Å². The topological polar surface area (TPSA) is 62.3 Å². The van der Waals surface area contributed by atoms with Crippen molar-refractivity contribution in [2.45, 2.75) is 23.8 Å². The van der Waals surface area contributed by atoms with Crippen molar-refractivity contribution in [2.75, 3.05) is 18.0 Å². The number of nitrogens with zero attached hydrogens (tertiary/aromatic N) is 2. The molecule has 3 aromatic rings. The van der Waals surface area contributed by atoms with Crippen molar-refractivity contribution in [1.29, 1.82) is 0 Å². The Morgan fingerprint density at radius 3 is 2.40 bits per heavy atom. The third-order valence-corrected chi connectivity index (χ3v) is 7.06. The number of benzene rings is 2. The van der Waals surface area contributed by atoms with Gasteiger partial charge in [0.05, 0.1) is 15.1 Å². The number of hydrogen-bond acceptors (Lipinski definition) is 5. The molecule has 5 nitrogen and oxygen atoms in total. The SMILES string of the molecule is O=S(=O)(NC1CCN(c2nc3ccccc3s2)CC1)c1ccccc1. The Morgan fingerprint density at radius 2 is 1.68 bits per heavy atom. The quantitative estimate of drug-likeness (QED) is 0.763. The molecule has 0 spiro atoms. The van der Waals surface area contributed by atoms with Crippen molar-refractivity contribution in [3.63, 3.8) is 0 Å². The average molecular weight is 374 g/mol. The van der Waals surface area contributed by atoms with Crippen molar-refractivity contribution in [3.05, 3.63) is 54.6 Å². The number of sulfonamides is 1. The summed E-state index contributed by atoms with van der Waals surface area (Å²) in [5.74, 6) is 0. The monoisotopic (exact) mass is 373 g/mol. The lowest BCUT2D eigenvalue weighted by Gasteiger charge is -2.31. The minimum Gasteiger partial charge on any atom is -0.348 e. The standard InChI is InChI=1S/C18H19N3O2S2/c22-25(23,15-6-2-1-3-7-15)20-14-10-12-21(13-11-14)18-19-16-8-4-5-9-17(16)24-18/h1-9,14,20H,10-13H2. The summed E-state index contributed by atoms with van der Waals surface area (Å²) in [6, 6.07) is 16.6. The third-order valence-electron chi connectivity index (χ3n) is 4.42. The maximum Gasteiger partial charge on any atom is 0.240 e. The van der Waals surface area contributed by atoms with Crippen LogP contribution >= 0.6 is 11.3 Å². The minimum atomic E-state index is -3.44. The fourth-order valence-corrected chi connectivity index (χ4v) is 5.41. The summed E-state index contributed by atoms with van der Waals surface area (Å²) >= 11 is 1.69. The van der Waals surface area contributed by atoms with Gasteiger partial charge in [0.2, 0.25) is 10.0 Å². The fraction of sp³-hybridized carbons (Fsp3) is 0.278. The second-order valence-corrected chi connectivity index (χ2v) is 8.88. The first-order valence-electron chi connectivity index (χ1n) is 8.30. The van der Waals surface area contributed by atoms with Gasteiger partial charge in [0.15, 0.2) is 5.13 Å². The number of piperidine rings is 1. The summed E-state index contributed by atoms with van der Waals surface area (Å²) in [6.07, 6.45) is 1.56. The maximum atomic E-state index is 12.4. The highest BCUT2D eigenvalue weighted by molar-refractivity contribution is 7.89. The van der Waals surface area contributed by atoms with E-state index in [9.17, 15) is 8.42 Å². The van der Waals surface area contributed by atoms with E-state index in [4.69, 9.17) is 0 Å². The molecular weight excluding hydrogens is 354 g/mol.